The zero-order valence-electron chi connectivity index (χ0n) is 10.1. The molecule has 0 spiro atoms. The predicted octanol–water partition coefficient (Wildman–Crippen LogP) is 5.30. The van der Waals surface area contributed by atoms with Gasteiger partial charge in [-0.25, -0.2) is 22.0 Å². The molecular formula is C13H6Cl2F5N. The van der Waals surface area contributed by atoms with Crippen LogP contribution in [0, 0.1) is 29.1 Å². The summed E-state index contributed by atoms with van der Waals surface area (Å²) in [4.78, 5) is 0. The third kappa shape index (κ3) is 3.06. The van der Waals surface area contributed by atoms with Crippen molar-refractivity contribution < 1.29 is 22.0 Å². The Hall–Kier alpha value is -1.53. The van der Waals surface area contributed by atoms with Gasteiger partial charge in [-0.2, -0.15) is 0 Å². The maximum Gasteiger partial charge on any atom is 0.200 e. The lowest BCUT2D eigenvalue weighted by molar-refractivity contribution is 0.381. The third-order valence-corrected chi connectivity index (χ3v) is 3.28. The number of hydrogen-bond donors (Lipinski definition) is 1. The molecule has 0 aromatic heterocycles. The van der Waals surface area contributed by atoms with Gasteiger partial charge in [-0.05, 0) is 23.8 Å². The Bertz CT molecular complexity index is 676. The second-order valence-corrected chi connectivity index (χ2v) is 4.88. The minimum atomic E-state index is -2.21. The van der Waals surface area contributed by atoms with Crippen molar-refractivity contribution in [3.05, 3.63) is 62.9 Å². The van der Waals surface area contributed by atoms with Crippen molar-refractivity contribution in [2.75, 3.05) is 5.32 Å². The fraction of sp³-hybridized carbons (Fsp3) is 0.0769. The highest BCUT2D eigenvalue weighted by Crippen LogP contribution is 2.28. The number of nitrogens with one attached hydrogen (secondary N) is 1. The summed E-state index contributed by atoms with van der Waals surface area (Å²) in [6, 6.07) is 4.34. The van der Waals surface area contributed by atoms with Crippen molar-refractivity contribution in [3.8, 4) is 0 Å². The average Bonchev–Trinajstić information content (AvgIpc) is 2.46. The largest absolute Gasteiger partial charge is 0.376 e. The van der Waals surface area contributed by atoms with Gasteiger partial charge in [0.25, 0.3) is 0 Å². The topological polar surface area (TPSA) is 12.0 Å². The van der Waals surface area contributed by atoms with Gasteiger partial charge < -0.3 is 5.32 Å². The number of benzene rings is 2. The Labute approximate surface area is 126 Å². The standard InChI is InChI=1S/C13H6Cl2F5N/c14-6-1-2-7(15)5(3-6)4-21-13-11(19)9(17)8(16)10(18)12(13)20/h1-3,21H,4H2. The number of hydrogen-bond acceptors (Lipinski definition) is 1. The van der Waals surface area contributed by atoms with Crippen LogP contribution in [0.1, 0.15) is 5.56 Å². The minimum absolute atomic E-state index is 0.232. The summed E-state index contributed by atoms with van der Waals surface area (Å²) in [5, 5.41) is 2.68. The van der Waals surface area contributed by atoms with Crippen LogP contribution in [0.4, 0.5) is 27.6 Å². The lowest BCUT2D eigenvalue weighted by Gasteiger charge is -2.12. The summed E-state index contributed by atoms with van der Waals surface area (Å²) in [5.41, 5.74) is -0.782. The molecule has 1 nitrogen and oxygen atoms in total. The van der Waals surface area contributed by atoms with Gasteiger partial charge >= 0.3 is 0 Å². The van der Waals surface area contributed by atoms with Gasteiger partial charge in [0.15, 0.2) is 23.3 Å². The number of rotatable bonds is 3. The Kier molecular flexibility index (Phi) is 4.58. The molecule has 0 saturated heterocycles. The molecule has 0 atom stereocenters. The van der Waals surface area contributed by atoms with Crippen LogP contribution >= 0.6 is 23.2 Å². The highest BCUT2D eigenvalue weighted by atomic mass is 35.5. The second kappa shape index (κ2) is 6.07. The smallest absolute Gasteiger partial charge is 0.200 e. The molecule has 0 radical (unpaired) electrons. The van der Waals surface area contributed by atoms with Crippen LogP contribution in [0.3, 0.4) is 0 Å². The van der Waals surface area contributed by atoms with Crippen LogP contribution in [0.5, 0.6) is 0 Å². The van der Waals surface area contributed by atoms with Crippen molar-refractivity contribution >= 4 is 28.9 Å². The van der Waals surface area contributed by atoms with Crippen molar-refractivity contribution in [3.63, 3.8) is 0 Å². The molecule has 0 heterocycles. The van der Waals surface area contributed by atoms with Crippen LogP contribution in [0.15, 0.2) is 18.2 Å². The molecule has 21 heavy (non-hydrogen) atoms. The molecule has 1 N–H and O–H groups in total. The summed E-state index contributed by atoms with van der Waals surface area (Å²) in [5.74, 6) is -10.1. The van der Waals surface area contributed by atoms with Crippen LogP contribution in [-0.4, -0.2) is 0 Å². The molecule has 0 fully saturated rings. The van der Waals surface area contributed by atoms with Crippen molar-refractivity contribution in [2.24, 2.45) is 0 Å². The van der Waals surface area contributed by atoms with Gasteiger partial charge in [0.05, 0.1) is 0 Å². The molecule has 0 bridgehead atoms. The van der Waals surface area contributed by atoms with E-state index in [1.54, 1.807) is 0 Å². The Morgan fingerprint density at radius 3 is 1.90 bits per heavy atom. The van der Waals surface area contributed by atoms with Gasteiger partial charge in [-0.1, -0.05) is 23.2 Å². The van der Waals surface area contributed by atoms with E-state index in [-0.39, 0.29) is 11.6 Å². The Morgan fingerprint density at radius 2 is 1.33 bits per heavy atom. The molecule has 0 amide bonds. The van der Waals surface area contributed by atoms with E-state index in [9.17, 15) is 22.0 Å². The van der Waals surface area contributed by atoms with E-state index in [2.05, 4.69) is 5.32 Å². The zero-order chi connectivity index (χ0) is 15.7. The van der Waals surface area contributed by atoms with Crippen molar-refractivity contribution in [1.29, 1.82) is 0 Å². The SMILES string of the molecule is Fc1c(F)c(F)c(NCc2cc(Cl)ccc2Cl)c(F)c1F. The first kappa shape index (κ1) is 15.9. The monoisotopic (exact) mass is 341 g/mol. The molecular weight excluding hydrogens is 336 g/mol. The van der Waals surface area contributed by atoms with E-state index >= 15 is 0 Å². The second-order valence-electron chi connectivity index (χ2n) is 4.03. The lowest BCUT2D eigenvalue weighted by Crippen LogP contribution is -2.10. The van der Waals surface area contributed by atoms with Crippen LogP contribution < -0.4 is 5.32 Å². The van der Waals surface area contributed by atoms with Crippen molar-refractivity contribution in [2.45, 2.75) is 6.54 Å². The number of halogens is 7. The van der Waals surface area contributed by atoms with E-state index in [1.165, 1.54) is 18.2 Å². The fourth-order valence-electron chi connectivity index (χ4n) is 1.62. The predicted molar refractivity (Wildman–Crippen MR) is 70.0 cm³/mol. The maximum atomic E-state index is 13.4. The quantitative estimate of drug-likeness (QED) is 0.453. The Balaban J connectivity index is 2.35. The van der Waals surface area contributed by atoms with E-state index in [1.807, 2.05) is 0 Å². The van der Waals surface area contributed by atoms with Crippen LogP contribution in [0.2, 0.25) is 10.0 Å². The molecule has 0 aliphatic carbocycles. The van der Waals surface area contributed by atoms with Gasteiger partial charge in [-0.3, -0.25) is 0 Å². The molecule has 2 aromatic carbocycles. The van der Waals surface area contributed by atoms with E-state index < -0.39 is 34.8 Å². The van der Waals surface area contributed by atoms with Crippen LogP contribution in [-0.2, 0) is 6.54 Å². The van der Waals surface area contributed by atoms with Gasteiger partial charge in [0.2, 0.25) is 5.82 Å². The first-order valence-electron chi connectivity index (χ1n) is 5.52. The highest BCUT2D eigenvalue weighted by Gasteiger charge is 2.25. The first-order valence-corrected chi connectivity index (χ1v) is 6.27. The lowest BCUT2D eigenvalue weighted by atomic mass is 10.2. The zero-order valence-corrected chi connectivity index (χ0v) is 11.6. The molecule has 112 valence electrons. The summed E-state index contributed by atoms with van der Waals surface area (Å²) >= 11 is 11.6. The Morgan fingerprint density at radius 1 is 0.810 bits per heavy atom. The molecule has 0 unspecified atom stereocenters. The van der Waals surface area contributed by atoms with E-state index in [0.717, 1.165) is 0 Å². The average molecular weight is 342 g/mol. The molecule has 0 aliphatic heterocycles. The normalized spacial score (nSPS) is 10.8. The molecule has 8 heteroatoms. The van der Waals surface area contributed by atoms with E-state index in [0.29, 0.717) is 10.6 Å². The third-order valence-electron chi connectivity index (χ3n) is 2.67. The molecule has 2 rings (SSSR count). The summed E-state index contributed by atoms with van der Waals surface area (Å²) in [6.07, 6.45) is 0. The summed E-state index contributed by atoms with van der Waals surface area (Å²) in [7, 11) is 0. The first-order chi connectivity index (χ1) is 9.82. The van der Waals surface area contributed by atoms with Crippen LogP contribution in [0.25, 0.3) is 0 Å². The van der Waals surface area contributed by atoms with E-state index in [4.69, 9.17) is 23.2 Å². The maximum absolute atomic E-state index is 13.4. The number of anilines is 1. The molecule has 2 aromatic rings. The van der Waals surface area contributed by atoms with Crippen molar-refractivity contribution in [1.82, 2.24) is 0 Å². The fourth-order valence-corrected chi connectivity index (χ4v) is 2.00. The van der Waals surface area contributed by atoms with Gasteiger partial charge in [-0.15, -0.1) is 0 Å². The molecule has 0 aliphatic rings. The van der Waals surface area contributed by atoms with Gasteiger partial charge in [0.1, 0.15) is 5.69 Å². The van der Waals surface area contributed by atoms with Gasteiger partial charge in [0, 0.05) is 16.6 Å². The summed E-state index contributed by atoms with van der Waals surface area (Å²) < 4.78 is 65.8. The molecule has 0 saturated carbocycles. The minimum Gasteiger partial charge on any atom is -0.376 e. The highest BCUT2D eigenvalue weighted by molar-refractivity contribution is 6.33. The summed E-state index contributed by atoms with van der Waals surface area (Å²) in [6.45, 7) is -0.266.